The predicted molar refractivity (Wildman–Crippen MR) is 130 cm³/mol. The molecule has 1 saturated heterocycles. The molecule has 1 heterocycles. The van der Waals surface area contributed by atoms with Crippen molar-refractivity contribution in [3.8, 4) is 5.75 Å². The van der Waals surface area contributed by atoms with Crippen molar-refractivity contribution in [2.45, 2.75) is 19.9 Å². The number of aryl methyl sites for hydroxylation is 2. The number of carbonyl (C=O) groups is 1. The normalized spacial score (nSPS) is 15.3. The van der Waals surface area contributed by atoms with Crippen LogP contribution < -0.4 is 19.9 Å². The van der Waals surface area contributed by atoms with Crippen LogP contribution in [0.15, 0.2) is 72.8 Å². The molecule has 0 saturated carbocycles. The highest BCUT2D eigenvalue weighted by Gasteiger charge is 2.34. The van der Waals surface area contributed by atoms with Gasteiger partial charge in [0.25, 0.3) is 5.91 Å². The molecule has 4 rings (SSSR count). The van der Waals surface area contributed by atoms with E-state index in [0.29, 0.717) is 0 Å². The van der Waals surface area contributed by atoms with Crippen molar-refractivity contribution >= 4 is 17.3 Å². The molecular formula is C27H32N3O2+. The first-order chi connectivity index (χ1) is 15.5. The molecule has 0 unspecified atom stereocenters. The maximum atomic E-state index is 13.5. The fraction of sp³-hybridized carbons (Fsp3) is 0.296. The molecule has 1 aliphatic rings. The van der Waals surface area contributed by atoms with Crippen molar-refractivity contribution in [2.24, 2.45) is 0 Å². The second-order valence-corrected chi connectivity index (χ2v) is 8.50. The minimum absolute atomic E-state index is 0.0507. The van der Waals surface area contributed by atoms with Gasteiger partial charge in [-0.3, -0.25) is 4.79 Å². The molecule has 1 aliphatic heterocycles. The molecule has 32 heavy (non-hydrogen) atoms. The third-order valence-corrected chi connectivity index (χ3v) is 6.28. The Labute approximate surface area is 190 Å². The number of benzene rings is 3. The van der Waals surface area contributed by atoms with E-state index in [4.69, 9.17) is 4.74 Å². The minimum Gasteiger partial charge on any atom is -0.497 e. The van der Waals surface area contributed by atoms with Gasteiger partial charge in [-0.05, 0) is 43.2 Å². The Morgan fingerprint density at radius 3 is 2.44 bits per heavy atom. The number of nitrogens with one attached hydrogen (secondary N) is 2. The molecular weight excluding hydrogens is 398 g/mol. The van der Waals surface area contributed by atoms with E-state index in [9.17, 15) is 4.79 Å². The summed E-state index contributed by atoms with van der Waals surface area (Å²) in [6.45, 7) is 7.64. The van der Waals surface area contributed by atoms with Crippen molar-refractivity contribution in [3.63, 3.8) is 0 Å². The molecule has 166 valence electrons. The van der Waals surface area contributed by atoms with Gasteiger partial charge >= 0.3 is 0 Å². The number of methoxy groups -OCH3 is 1. The van der Waals surface area contributed by atoms with Gasteiger partial charge in [-0.25, -0.2) is 0 Å². The summed E-state index contributed by atoms with van der Waals surface area (Å²) in [5, 5.41) is 3.21. The molecule has 0 bridgehead atoms. The van der Waals surface area contributed by atoms with Crippen molar-refractivity contribution in [1.29, 1.82) is 0 Å². The van der Waals surface area contributed by atoms with E-state index < -0.39 is 0 Å². The van der Waals surface area contributed by atoms with Gasteiger partial charge in [-0.1, -0.05) is 48.5 Å². The molecule has 0 radical (unpaired) electrons. The summed E-state index contributed by atoms with van der Waals surface area (Å²) in [5.74, 6) is 0.919. The molecule has 0 spiro atoms. The summed E-state index contributed by atoms with van der Waals surface area (Å²) >= 11 is 0. The Morgan fingerprint density at radius 2 is 1.72 bits per heavy atom. The van der Waals surface area contributed by atoms with Crippen LogP contribution in [0.1, 0.15) is 22.7 Å². The number of anilines is 2. The van der Waals surface area contributed by atoms with E-state index in [2.05, 4.69) is 46.6 Å². The Bertz CT molecular complexity index is 1060. The lowest BCUT2D eigenvalue weighted by Crippen LogP contribution is -3.16. The summed E-state index contributed by atoms with van der Waals surface area (Å²) < 4.78 is 5.38. The average molecular weight is 431 g/mol. The predicted octanol–water partition coefficient (Wildman–Crippen LogP) is 3.40. The molecule has 2 N–H and O–H groups in total. The van der Waals surface area contributed by atoms with Crippen LogP contribution in [0.3, 0.4) is 0 Å². The monoisotopic (exact) mass is 430 g/mol. The van der Waals surface area contributed by atoms with Crippen LogP contribution in [-0.2, 0) is 4.79 Å². The molecule has 1 amide bonds. The Hall–Kier alpha value is -3.31. The number of hydrogen-bond acceptors (Lipinski definition) is 3. The van der Waals surface area contributed by atoms with Gasteiger partial charge < -0.3 is 19.9 Å². The molecule has 1 fully saturated rings. The van der Waals surface area contributed by atoms with Crippen molar-refractivity contribution in [1.82, 2.24) is 0 Å². The van der Waals surface area contributed by atoms with Crippen LogP contribution in [0.2, 0.25) is 0 Å². The maximum Gasteiger partial charge on any atom is 0.287 e. The van der Waals surface area contributed by atoms with Gasteiger partial charge in [0.05, 0.1) is 33.3 Å². The number of quaternary nitrogens is 1. The van der Waals surface area contributed by atoms with Crippen LogP contribution >= 0.6 is 0 Å². The molecule has 1 atom stereocenters. The summed E-state index contributed by atoms with van der Waals surface area (Å²) in [6.07, 6.45) is 0. The van der Waals surface area contributed by atoms with Gasteiger partial charge in [-0.2, -0.15) is 0 Å². The third-order valence-electron chi connectivity index (χ3n) is 6.28. The van der Waals surface area contributed by atoms with Crippen LogP contribution in [0.25, 0.3) is 0 Å². The van der Waals surface area contributed by atoms with E-state index in [0.717, 1.165) is 54.3 Å². The van der Waals surface area contributed by atoms with Crippen LogP contribution in [0.5, 0.6) is 5.75 Å². The number of piperazine rings is 1. The zero-order valence-corrected chi connectivity index (χ0v) is 19.1. The zero-order valence-electron chi connectivity index (χ0n) is 19.1. The smallest absolute Gasteiger partial charge is 0.287 e. The first kappa shape index (κ1) is 21.9. The van der Waals surface area contributed by atoms with Gasteiger partial charge in [0.1, 0.15) is 5.75 Å². The second kappa shape index (κ2) is 9.88. The minimum atomic E-state index is -0.247. The molecule has 5 nitrogen and oxygen atoms in total. The maximum absolute atomic E-state index is 13.5. The number of carbonyl (C=O) groups excluding carboxylic acids is 1. The fourth-order valence-electron chi connectivity index (χ4n) is 4.44. The lowest BCUT2D eigenvalue weighted by Gasteiger charge is -2.37. The number of nitrogens with zero attached hydrogens (tertiary/aromatic N) is 1. The summed E-state index contributed by atoms with van der Waals surface area (Å²) in [7, 11) is 1.69. The van der Waals surface area contributed by atoms with Crippen LogP contribution in [0.4, 0.5) is 11.4 Å². The van der Waals surface area contributed by atoms with Gasteiger partial charge in [0, 0.05) is 23.0 Å². The van der Waals surface area contributed by atoms with Gasteiger partial charge in [0.15, 0.2) is 6.04 Å². The molecule has 0 aliphatic carbocycles. The average Bonchev–Trinajstić information content (AvgIpc) is 2.83. The number of ether oxygens (including phenoxy) is 1. The highest BCUT2D eigenvalue weighted by molar-refractivity contribution is 5.95. The Kier molecular flexibility index (Phi) is 6.76. The highest BCUT2D eigenvalue weighted by Crippen LogP contribution is 2.22. The van der Waals surface area contributed by atoms with Crippen LogP contribution in [0, 0.1) is 13.8 Å². The standard InChI is InChI=1S/C27H31N3O2/c1-20-12-13-21(2)25(18-20)28-27(31)26(22-8-5-4-6-9-22)30-16-14-29(15-17-30)23-10-7-11-24(19-23)32-3/h4-13,18-19,26H,14-17H2,1-3H3,(H,28,31)/p+1/t26-/m1/s1. The summed E-state index contributed by atoms with van der Waals surface area (Å²) in [4.78, 5) is 17.2. The highest BCUT2D eigenvalue weighted by atomic mass is 16.5. The van der Waals surface area contributed by atoms with E-state index in [-0.39, 0.29) is 11.9 Å². The van der Waals surface area contributed by atoms with Crippen LogP contribution in [-0.4, -0.2) is 39.2 Å². The summed E-state index contributed by atoms with van der Waals surface area (Å²) in [6, 6.07) is 24.3. The SMILES string of the molecule is COc1cccc(N2CC[NH+]([C@@H](C(=O)Nc3cc(C)ccc3C)c3ccccc3)CC2)c1. The summed E-state index contributed by atoms with van der Waals surface area (Å²) in [5.41, 5.74) is 5.33. The Morgan fingerprint density at radius 1 is 0.969 bits per heavy atom. The van der Waals surface area contributed by atoms with E-state index >= 15 is 0 Å². The topological polar surface area (TPSA) is 46.0 Å². The van der Waals surface area contributed by atoms with Gasteiger partial charge in [0.2, 0.25) is 0 Å². The molecule has 0 aromatic heterocycles. The quantitative estimate of drug-likeness (QED) is 0.630. The van der Waals surface area contributed by atoms with Crippen molar-refractivity contribution in [2.75, 3.05) is 43.5 Å². The molecule has 3 aromatic carbocycles. The first-order valence-electron chi connectivity index (χ1n) is 11.2. The molecule has 5 heteroatoms. The lowest BCUT2D eigenvalue weighted by molar-refractivity contribution is -0.922. The van der Waals surface area contributed by atoms with Gasteiger partial charge in [-0.15, -0.1) is 0 Å². The largest absolute Gasteiger partial charge is 0.497 e. The number of amides is 1. The fourth-order valence-corrected chi connectivity index (χ4v) is 4.44. The second-order valence-electron chi connectivity index (χ2n) is 8.50. The number of hydrogen-bond donors (Lipinski definition) is 2. The van der Waals surface area contributed by atoms with Crippen molar-refractivity contribution in [3.05, 3.63) is 89.5 Å². The zero-order chi connectivity index (χ0) is 22.5. The van der Waals surface area contributed by atoms with E-state index in [1.165, 1.54) is 10.6 Å². The molecule has 3 aromatic rings. The van der Waals surface area contributed by atoms with E-state index in [1.54, 1.807) is 7.11 Å². The number of rotatable bonds is 6. The Balaban J connectivity index is 1.53. The third kappa shape index (κ3) is 4.94. The lowest BCUT2D eigenvalue weighted by atomic mass is 10.0. The van der Waals surface area contributed by atoms with E-state index in [1.807, 2.05) is 50.2 Å². The van der Waals surface area contributed by atoms with Crippen molar-refractivity contribution < 1.29 is 14.4 Å². The first-order valence-corrected chi connectivity index (χ1v) is 11.2.